The summed E-state index contributed by atoms with van der Waals surface area (Å²) in [7, 11) is -2.78. The fourth-order valence-corrected chi connectivity index (χ4v) is 3.40. The highest BCUT2D eigenvalue weighted by molar-refractivity contribution is 7.91. The molecule has 0 radical (unpaired) electrons. The van der Waals surface area contributed by atoms with E-state index in [2.05, 4.69) is 11.8 Å². The molecule has 1 fully saturated rings. The summed E-state index contributed by atoms with van der Waals surface area (Å²) in [4.78, 5) is 2.22. The van der Waals surface area contributed by atoms with Crippen molar-refractivity contribution in [3.8, 4) is 0 Å². The van der Waals surface area contributed by atoms with E-state index in [1.165, 1.54) is 0 Å². The van der Waals surface area contributed by atoms with E-state index in [0.717, 1.165) is 6.54 Å². The Hall–Kier alpha value is -0.130. The highest BCUT2D eigenvalue weighted by Gasteiger charge is 2.28. The first-order valence-corrected chi connectivity index (χ1v) is 6.91. The van der Waals surface area contributed by atoms with Crippen LogP contribution in [0.15, 0.2) is 0 Å². The van der Waals surface area contributed by atoms with E-state index >= 15 is 0 Å². The van der Waals surface area contributed by atoms with Gasteiger partial charge in [0, 0.05) is 19.1 Å². The van der Waals surface area contributed by atoms with Gasteiger partial charge in [-0.1, -0.05) is 6.92 Å². The maximum absolute atomic E-state index is 11.3. The highest BCUT2D eigenvalue weighted by Crippen LogP contribution is 2.12. The summed E-state index contributed by atoms with van der Waals surface area (Å²) in [5.74, 6) is 1.04. The van der Waals surface area contributed by atoms with Crippen molar-refractivity contribution in [2.75, 3.05) is 31.1 Å². The summed E-state index contributed by atoms with van der Waals surface area (Å²) in [6, 6.07) is 0.141. The molecule has 5 heteroatoms. The second-order valence-electron chi connectivity index (χ2n) is 4.30. The Balaban J connectivity index is 2.50. The van der Waals surface area contributed by atoms with Crippen molar-refractivity contribution in [3.05, 3.63) is 0 Å². The van der Waals surface area contributed by atoms with Gasteiger partial charge in [-0.05, 0) is 19.4 Å². The Bertz CT molecular complexity index is 277. The van der Waals surface area contributed by atoms with E-state index in [1.54, 1.807) is 0 Å². The predicted octanol–water partition coefficient (Wildman–Crippen LogP) is -0.300. The minimum atomic E-state index is -2.78. The van der Waals surface area contributed by atoms with Crippen LogP contribution in [0.5, 0.6) is 0 Å². The van der Waals surface area contributed by atoms with E-state index in [-0.39, 0.29) is 6.04 Å². The van der Waals surface area contributed by atoms with Crippen molar-refractivity contribution in [3.63, 3.8) is 0 Å². The van der Waals surface area contributed by atoms with Crippen molar-refractivity contribution in [1.29, 1.82) is 0 Å². The molecule has 0 aliphatic carbocycles. The molecule has 0 spiro atoms. The van der Waals surface area contributed by atoms with Crippen LogP contribution in [0.1, 0.15) is 13.8 Å². The molecule has 0 amide bonds. The smallest absolute Gasteiger partial charge is 0.153 e. The van der Waals surface area contributed by atoms with Gasteiger partial charge in [-0.15, -0.1) is 0 Å². The topological polar surface area (TPSA) is 63.4 Å². The summed E-state index contributed by atoms with van der Waals surface area (Å²) in [6.07, 6.45) is 0. The van der Waals surface area contributed by atoms with E-state index in [9.17, 15) is 8.42 Å². The predicted molar refractivity (Wildman–Crippen MR) is 57.9 cm³/mol. The minimum absolute atomic E-state index is 0.141. The Morgan fingerprint density at radius 2 is 2.21 bits per heavy atom. The molecule has 1 saturated heterocycles. The van der Waals surface area contributed by atoms with Crippen LogP contribution in [-0.4, -0.2) is 50.5 Å². The zero-order valence-corrected chi connectivity index (χ0v) is 9.76. The quantitative estimate of drug-likeness (QED) is 0.709. The summed E-state index contributed by atoms with van der Waals surface area (Å²) in [5, 5.41) is 0. The Morgan fingerprint density at radius 1 is 1.57 bits per heavy atom. The normalized spacial score (nSPS) is 30.1. The molecule has 84 valence electrons. The van der Waals surface area contributed by atoms with Crippen LogP contribution in [0.2, 0.25) is 0 Å². The van der Waals surface area contributed by atoms with Crippen molar-refractivity contribution < 1.29 is 8.42 Å². The van der Waals surface area contributed by atoms with Gasteiger partial charge < -0.3 is 5.73 Å². The molecule has 0 saturated carbocycles. The molecule has 1 aliphatic rings. The van der Waals surface area contributed by atoms with Gasteiger partial charge in [0.2, 0.25) is 0 Å². The minimum Gasteiger partial charge on any atom is -0.330 e. The van der Waals surface area contributed by atoms with Crippen LogP contribution in [0.4, 0.5) is 0 Å². The molecular formula is C9H20N2O2S. The van der Waals surface area contributed by atoms with Gasteiger partial charge in [0.25, 0.3) is 0 Å². The van der Waals surface area contributed by atoms with Gasteiger partial charge in [-0.3, -0.25) is 4.90 Å². The molecule has 4 nitrogen and oxygen atoms in total. The third kappa shape index (κ3) is 3.22. The summed E-state index contributed by atoms with van der Waals surface area (Å²) in [6.45, 7) is 6.30. The van der Waals surface area contributed by atoms with E-state index < -0.39 is 9.84 Å². The van der Waals surface area contributed by atoms with Crippen LogP contribution < -0.4 is 5.73 Å². The van der Waals surface area contributed by atoms with E-state index in [4.69, 9.17) is 5.73 Å². The molecule has 1 heterocycles. The molecule has 0 bridgehead atoms. The number of hydrogen-bond donors (Lipinski definition) is 1. The van der Waals surface area contributed by atoms with Crippen LogP contribution in [-0.2, 0) is 9.84 Å². The molecule has 2 unspecified atom stereocenters. The first-order chi connectivity index (χ1) is 6.44. The van der Waals surface area contributed by atoms with Crippen molar-refractivity contribution >= 4 is 9.84 Å². The number of sulfone groups is 1. The van der Waals surface area contributed by atoms with Gasteiger partial charge in [0.1, 0.15) is 0 Å². The molecular weight excluding hydrogens is 200 g/mol. The fraction of sp³-hybridized carbons (Fsp3) is 1.00. The Kier molecular flexibility index (Phi) is 3.92. The second kappa shape index (κ2) is 4.59. The fourth-order valence-electron chi connectivity index (χ4n) is 1.78. The lowest BCUT2D eigenvalue weighted by atomic mass is 10.1. The number of nitrogens with two attached hydrogens (primary N) is 1. The monoisotopic (exact) mass is 220 g/mol. The van der Waals surface area contributed by atoms with Gasteiger partial charge in [0.05, 0.1) is 11.5 Å². The Labute approximate surface area is 86.4 Å². The van der Waals surface area contributed by atoms with E-state index in [0.29, 0.717) is 30.5 Å². The highest BCUT2D eigenvalue weighted by atomic mass is 32.2. The summed E-state index contributed by atoms with van der Waals surface area (Å²) < 4.78 is 22.6. The second-order valence-corrected chi connectivity index (χ2v) is 6.53. The van der Waals surface area contributed by atoms with Gasteiger partial charge in [-0.25, -0.2) is 8.42 Å². The third-order valence-corrected chi connectivity index (χ3v) is 4.55. The molecule has 1 aliphatic heterocycles. The molecule has 1 rings (SSSR count). The van der Waals surface area contributed by atoms with Gasteiger partial charge in [0.15, 0.2) is 9.84 Å². The molecule has 14 heavy (non-hydrogen) atoms. The van der Waals surface area contributed by atoms with Gasteiger partial charge >= 0.3 is 0 Å². The van der Waals surface area contributed by atoms with Crippen molar-refractivity contribution in [1.82, 2.24) is 4.90 Å². The van der Waals surface area contributed by atoms with Crippen molar-refractivity contribution in [2.24, 2.45) is 11.7 Å². The van der Waals surface area contributed by atoms with Crippen molar-refractivity contribution in [2.45, 2.75) is 19.9 Å². The average molecular weight is 220 g/mol. The molecule has 0 aromatic heterocycles. The maximum Gasteiger partial charge on any atom is 0.153 e. The Morgan fingerprint density at radius 3 is 2.71 bits per heavy atom. The number of rotatable bonds is 3. The lowest BCUT2D eigenvalue weighted by Crippen LogP contribution is -2.48. The largest absolute Gasteiger partial charge is 0.330 e. The molecule has 0 aromatic rings. The SMILES string of the molecule is CC(CN)CN1CCS(=O)(=O)CC1C. The molecule has 0 aromatic carbocycles. The number of hydrogen-bond acceptors (Lipinski definition) is 4. The lowest BCUT2D eigenvalue weighted by Gasteiger charge is -2.34. The van der Waals surface area contributed by atoms with Crippen LogP contribution in [0.25, 0.3) is 0 Å². The zero-order valence-electron chi connectivity index (χ0n) is 8.94. The average Bonchev–Trinajstić information content (AvgIpc) is 2.09. The molecule has 2 atom stereocenters. The first-order valence-electron chi connectivity index (χ1n) is 5.09. The van der Waals surface area contributed by atoms with Gasteiger partial charge in [-0.2, -0.15) is 0 Å². The van der Waals surface area contributed by atoms with Crippen LogP contribution in [0, 0.1) is 5.92 Å². The zero-order chi connectivity index (χ0) is 10.8. The molecule has 2 N–H and O–H groups in total. The van der Waals surface area contributed by atoms with Crippen LogP contribution >= 0.6 is 0 Å². The summed E-state index contributed by atoms with van der Waals surface area (Å²) >= 11 is 0. The van der Waals surface area contributed by atoms with Crippen LogP contribution in [0.3, 0.4) is 0 Å². The standard InChI is InChI=1S/C9H20N2O2S/c1-8(5-10)6-11-3-4-14(12,13)7-9(11)2/h8-9H,3-7,10H2,1-2H3. The summed E-state index contributed by atoms with van der Waals surface area (Å²) in [5.41, 5.74) is 5.54. The third-order valence-electron chi connectivity index (χ3n) is 2.76. The first kappa shape index (κ1) is 11.9. The lowest BCUT2D eigenvalue weighted by molar-refractivity contribution is 0.199. The maximum atomic E-state index is 11.3. The number of nitrogens with zero attached hydrogens (tertiary/aromatic N) is 1. The van der Waals surface area contributed by atoms with E-state index in [1.807, 2.05) is 6.92 Å².